The number of fused-ring (bicyclic) bond motifs is 1. The van der Waals surface area contributed by atoms with E-state index >= 15 is 0 Å². The molecule has 2 aromatic heterocycles. The molecule has 0 saturated heterocycles. The van der Waals surface area contributed by atoms with Gasteiger partial charge in [-0.25, -0.2) is 4.98 Å². The molecule has 0 saturated carbocycles. The highest BCUT2D eigenvalue weighted by Crippen LogP contribution is 2.36. The van der Waals surface area contributed by atoms with Crippen molar-refractivity contribution in [1.82, 2.24) is 14.5 Å². The lowest BCUT2D eigenvalue weighted by molar-refractivity contribution is -0.130. The molecular weight excluding hydrogens is 438 g/mol. The molecule has 0 atom stereocenters. The number of thiophene rings is 1. The maximum absolute atomic E-state index is 13.2. The van der Waals surface area contributed by atoms with Gasteiger partial charge < -0.3 is 4.90 Å². The Bertz CT molecular complexity index is 1040. The van der Waals surface area contributed by atoms with Gasteiger partial charge in [-0.15, -0.1) is 11.3 Å². The van der Waals surface area contributed by atoms with Gasteiger partial charge in [-0.1, -0.05) is 48.3 Å². The van der Waals surface area contributed by atoms with Crippen LogP contribution in [0.1, 0.15) is 31.6 Å². The van der Waals surface area contributed by atoms with Gasteiger partial charge >= 0.3 is 0 Å². The molecule has 1 aromatic carbocycles. The Balaban J connectivity index is 2.05. The maximum atomic E-state index is 13.2. The molecule has 2 heterocycles. The Labute approximate surface area is 177 Å². The summed E-state index contributed by atoms with van der Waals surface area (Å²) in [6, 6.07) is 7.95. The van der Waals surface area contributed by atoms with Gasteiger partial charge in [0.25, 0.3) is 5.56 Å². The Morgan fingerprint density at radius 3 is 2.61 bits per heavy atom. The second-order valence-corrected chi connectivity index (χ2v) is 8.79. The topological polar surface area (TPSA) is 55.2 Å². The smallest absolute Gasteiger partial charge is 0.263 e. The van der Waals surface area contributed by atoms with Gasteiger partial charge in [0.2, 0.25) is 5.91 Å². The highest BCUT2D eigenvalue weighted by atomic mass is 79.9. The number of nitrogens with zero attached hydrogens (tertiary/aromatic N) is 3. The van der Waals surface area contributed by atoms with Crippen LogP contribution in [0.2, 0.25) is 0 Å². The van der Waals surface area contributed by atoms with E-state index in [4.69, 9.17) is 0 Å². The Kier molecular flexibility index (Phi) is 6.67. The van der Waals surface area contributed by atoms with Crippen LogP contribution >= 0.6 is 27.3 Å². The average molecular weight is 462 g/mol. The van der Waals surface area contributed by atoms with Crippen molar-refractivity contribution < 1.29 is 4.79 Å². The summed E-state index contributed by atoms with van der Waals surface area (Å²) in [6.45, 7) is 4.88. The van der Waals surface area contributed by atoms with Crippen molar-refractivity contribution in [3.05, 3.63) is 50.3 Å². The van der Waals surface area contributed by atoms with E-state index in [-0.39, 0.29) is 18.0 Å². The minimum atomic E-state index is -0.156. The van der Waals surface area contributed by atoms with Gasteiger partial charge in [0.15, 0.2) is 0 Å². The number of rotatable bonds is 7. The van der Waals surface area contributed by atoms with Crippen molar-refractivity contribution >= 4 is 43.4 Å². The fourth-order valence-electron chi connectivity index (χ4n) is 3.14. The first-order valence-electron chi connectivity index (χ1n) is 9.47. The summed E-state index contributed by atoms with van der Waals surface area (Å²) in [6.07, 6.45) is 4.30. The summed E-state index contributed by atoms with van der Waals surface area (Å²) in [4.78, 5) is 33.8. The number of aromatic nitrogens is 2. The Morgan fingerprint density at radius 1 is 1.25 bits per heavy atom. The van der Waals surface area contributed by atoms with Crippen LogP contribution in [0.5, 0.6) is 0 Å². The van der Waals surface area contributed by atoms with E-state index < -0.39 is 0 Å². The number of aryl methyl sites for hydroxylation is 1. The number of likely N-dealkylation sites (N-methyl/N-ethyl adjacent to an activating group) is 1. The van der Waals surface area contributed by atoms with Crippen LogP contribution in [-0.2, 0) is 17.8 Å². The molecular formula is C21H24BrN3O2S. The minimum absolute atomic E-state index is 0.0130. The fourth-order valence-corrected chi connectivity index (χ4v) is 4.50. The van der Waals surface area contributed by atoms with Crippen molar-refractivity contribution in [2.24, 2.45) is 0 Å². The lowest BCUT2D eigenvalue weighted by atomic mass is 10.0. The van der Waals surface area contributed by atoms with Crippen molar-refractivity contribution in [2.45, 2.75) is 39.7 Å². The van der Waals surface area contributed by atoms with E-state index in [1.54, 1.807) is 23.3 Å². The number of halogens is 1. The lowest BCUT2D eigenvalue weighted by Crippen LogP contribution is -2.34. The third-order valence-corrected chi connectivity index (χ3v) is 6.55. The molecule has 0 bridgehead atoms. The van der Waals surface area contributed by atoms with Gasteiger partial charge in [-0.2, -0.15) is 0 Å². The summed E-state index contributed by atoms with van der Waals surface area (Å²) in [5.74, 6) is -0.0761. The molecule has 0 N–H and O–H groups in total. The maximum Gasteiger partial charge on any atom is 0.263 e. The fraction of sp³-hybridized carbons (Fsp3) is 0.381. The summed E-state index contributed by atoms with van der Waals surface area (Å²) in [5, 5.41) is 0.607. The summed E-state index contributed by atoms with van der Waals surface area (Å²) in [5.41, 5.74) is 1.78. The number of amides is 1. The van der Waals surface area contributed by atoms with E-state index in [0.29, 0.717) is 11.9 Å². The molecule has 0 unspecified atom stereocenters. The van der Waals surface area contributed by atoms with E-state index in [1.807, 2.05) is 24.3 Å². The van der Waals surface area contributed by atoms with E-state index in [9.17, 15) is 9.59 Å². The monoisotopic (exact) mass is 461 g/mol. The minimum Gasteiger partial charge on any atom is -0.344 e. The summed E-state index contributed by atoms with van der Waals surface area (Å²) in [7, 11) is 1.78. The number of hydrogen-bond donors (Lipinski definition) is 0. The number of benzene rings is 1. The SMILES string of the molecule is CCCCN(C)C(=O)Cn1cnc2sc(CC)c(-c3ccc(Br)cc3)c2c1=O. The van der Waals surface area contributed by atoms with Crippen LogP contribution in [0.4, 0.5) is 0 Å². The van der Waals surface area contributed by atoms with Crippen LogP contribution in [-0.4, -0.2) is 34.0 Å². The second-order valence-electron chi connectivity index (χ2n) is 6.79. The molecule has 148 valence electrons. The van der Waals surface area contributed by atoms with E-state index in [2.05, 4.69) is 34.8 Å². The summed E-state index contributed by atoms with van der Waals surface area (Å²) >= 11 is 5.01. The van der Waals surface area contributed by atoms with Gasteiger partial charge in [-0.05, 0) is 30.5 Å². The standard InChI is InChI=1S/C21H24BrN3O2S/c1-4-6-11-24(3)17(26)12-25-13-23-20-19(21(25)27)18(16(5-2)28-20)14-7-9-15(22)10-8-14/h7-10,13H,4-6,11-12H2,1-3H3. The second kappa shape index (κ2) is 9.01. The number of unbranched alkanes of at least 4 members (excludes halogenated alkanes) is 1. The first kappa shape index (κ1) is 20.7. The van der Waals surface area contributed by atoms with Gasteiger partial charge in [-0.3, -0.25) is 14.2 Å². The van der Waals surface area contributed by atoms with Crippen LogP contribution in [0.15, 0.2) is 39.9 Å². The zero-order valence-electron chi connectivity index (χ0n) is 16.4. The number of hydrogen-bond acceptors (Lipinski definition) is 4. The molecule has 0 aliphatic heterocycles. The third kappa shape index (κ3) is 4.20. The van der Waals surface area contributed by atoms with Crippen molar-refractivity contribution in [3.8, 4) is 11.1 Å². The highest BCUT2D eigenvalue weighted by Gasteiger charge is 2.19. The normalized spacial score (nSPS) is 11.1. The molecule has 7 heteroatoms. The third-order valence-electron chi connectivity index (χ3n) is 4.78. The van der Waals surface area contributed by atoms with Crippen molar-refractivity contribution in [3.63, 3.8) is 0 Å². The zero-order valence-corrected chi connectivity index (χ0v) is 18.8. The Morgan fingerprint density at radius 2 is 1.96 bits per heavy atom. The predicted molar refractivity (Wildman–Crippen MR) is 119 cm³/mol. The number of carbonyl (C=O) groups excluding carboxylic acids is 1. The molecule has 5 nitrogen and oxygen atoms in total. The van der Waals surface area contributed by atoms with Crippen LogP contribution in [0, 0.1) is 0 Å². The molecule has 0 fully saturated rings. The van der Waals surface area contributed by atoms with Gasteiger partial charge in [0, 0.05) is 28.5 Å². The zero-order chi connectivity index (χ0) is 20.3. The molecule has 1 amide bonds. The van der Waals surface area contributed by atoms with E-state index in [0.717, 1.165) is 44.6 Å². The first-order valence-corrected chi connectivity index (χ1v) is 11.1. The molecule has 0 radical (unpaired) electrons. The quantitative estimate of drug-likeness (QED) is 0.511. The van der Waals surface area contributed by atoms with Crippen molar-refractivity contribution in [2.75, 3.05) is 13.6 Å². The molecule has 3 aromatic rings. The largest absolute Gasteiger partial charge is 0.344 e. The highest BCUT2D eigenvalue weighted by molar-refractivity contribution is 9.10. The molecule has 0 aliphatic rings. The Hall–Kier alpha value is -1.99. The average Bonchev–Trinajstić information content (AvgIpc) is 3.08. The molecule has 28 heavy (non-hydrogen) atoms. The first-order chi connectivity index (χ1) is 13.5. The lowest BCUT2D eigenvalue weighted by Gasteiger charge is -2.17. The number of carbonyl (C=O) groups is 1. The van der Waals surface area contributed by atoms with E-state index in [1.165, 1.54) is 10.9 Å². The molecule has 3 rings (SSSR count). The van der Waals surface area contributed by atoms with Crippen LogP contribution in [0.3, 0.4) is 0 Å². The predicted octanol–water partition coefficient (Wildman–Crippen LogP) is 4.71. The molecule has 0 aliphatic carbocycles. The van der Waals surface area contributed by atoms with Crippen molar-refractivity contribution in [1.29, 1.82) is 0 Å². The van der Waals surface area contributed by atoms with Crippen LogP contribution in [0.25, 0.3) is 21.3 Å². The molecule has 0 spiro atoms. The van der Waals surface area contributed by atoms with Gasteiger partial charge in [0.05, 0.1) is 11.7 Å². The summed E-state index contributed by atoms with van der Waals surface area (Å²) < 4.78 is 2.42. The van der Waals surface area contributed by atoms with Crippen LogP contribution < -0.4 is 5.56 Å². The van der Waals surface area contributed by atoms with Gasteiger partial charge in [0.1, 0.15) is 11.4 Å².